The van der Waals surface area contributed by atoms with E-state index in [1.807, 2.05) is 0 Å². The molecule has 6 nitrogen and oxygen atoms in total. The predicted molar refractivity (Wildman–Crippen MR) is 74.6 cm³/mol. The third kappa shape index (κ3) is 3.33. The van der Waals surface area contributed by atoms with E-state index in [9.17, 15) is 4.79 Å². The zero-order chi connectivity index (χ0) is 13.8. The number of primary amides is 1. The number of anilines is 2. The maximum absolute atomic E-state index is 11.1. The van der Waals surface area contributed by atoms with E-state index in [0.717, 1.165) is 50.4 Å². The largest absolute Gasteiger partial charge is 0.384 e. The lowest BCUT2D eigenvalue weighted by atomic mass is 9.96. The fourth-order valence-corrected chi connectivity index (χ4v) is 2.39. The van der Waals surface area contributed by atoms with Gasteiger partial charge in [-0.3, -0.25) is 4.79 Å². The molecule has 2 heterocycles. The Kier molecular flexibility index (Phi) is 4.19. The normalized spacial score (nSPS) is 16.6. The molecular weight excluding hydrogens is 242 g/mol. The van der Waals surface area contributed by atoms with Crippen LogP contribution in [0.25, 0.3) is 0 Å². The van der Waals surface area contributed by atoms with Crippen molar-refractivity contribution < 1.29 is 4.79 Å². The highest BCUT2D eigenvalue weighted by Crippen LogP contribution is 2.22. The van der Waals surface area contributed by atoms with Crippen LogP contribution in [0.2, 0.25) is 0 Å². The summed E-state index contributed by atoms with van der Waals surface area (Å²) >= 11 is 0. The van der Waals surface area contributed by atoms with Crippen molar-refractivity contribution in [1.82, 2.24) is 9.97 Å². The summed E-state index contributed by atoms with van der Waals surface area (Å²) in [6.07, 6.45) is 3.38. The zero-order valence-electron chi connectivity index (χ0n) is 11.3. The van der Waals surface area contributed by atoms with Crippen LogP contribution in [0, 0.1) is 5.92 Å². The molecule has 0 unspecified atom stereocenters. The van der Waals surface area contributed by atoms with E-state index in [1.165, 1.54) is 0 Å². The van der Waals surface area contributed by atoms with Crippen LogP contribution in [-0.2, 0) is 11.2 Å². The van der Waals surface area contributed by atoms with E-state index in [-0.39, 0.29) is 11.8 Å². The number of aryl methyl sites for hydroxylation is 1. The van der Waals surface area contributed by atoms with Gasteiger partial charge in [-0.05, 0) is 19.3 Å². The van der Waals surface area contributed by atoms with Crippen molar-refractivity contribution in [3.05, 3.63) is 11.9 Å². The average molecular weight is 263 g/mol. The quantitative estimate of drug-likeness (QED) is 0.833. The van der Waals surface area contributed by atoms with Gasteiger partial charge < -0.3 is 16.4 Å². The number of rotatable bonds is 4. The van der Waals surface area contributed by atoms with E-state index < -0.39 is 0 Å². The number of amides is 1. The molecule has 1 aliphatic rings. The molecule has 0 atom stereocenters. The van der Waals surface area contributed by atoms with E-state index in [1.54, 1.807) is 6.07 Å². The van der Waals surface area contributed by atoms with Crippen molar-refractivity contribution in [1.29, 1.82) is 0 Å². The Balaban J connectivity index is 2.08. The number of aromatic nitrogens is 2. The highest BCUT2D eigenvalue weighted by atomic mass is 16.1. The van der Waals surface area contributed by atoms with Gasteiger partial charge in [-0.1, -0.05) is 6.92 Å². The number of nitrogens with zero attached hydrogens (tertiary/aromatic N) is 3. The van der Waals surface area contributed by atoms with Crippen LogP contribution in [0.15, 0.2) is 6.07 Å². The van der Waals surface area contributed by atoms with Crippen molar-refractivity contribution >= 4 is 17.5 Å². The fourth-order valence-electron chi connectivity index (χ4n) is 2.39. The molecular formula is C13H21N5O. The van der Waals surface area contributed by atoms with Gasteiger partial charge in [0.1, 0.15) is 17.5 Å². The third-order valence-corrected chi connectivity index (χ3v) is 3.47. The van der Waals surface area contributed by atoms with Gasteiger partial charge in [0.05, 0.1) is 0 Å². The Hall–Kier alpha value is -1.85. The summed E-state index contributed by atoms with van der Waals surface area (Å²) in [5.41, 5.74) is 11.2. The maximum Gasteiger partial charge on any atom is 0.220 e. The second kappa shape index (κ2) is 5.86. The molecule has 6 heteroatoms. The molecule has 1 aromatic rings. The van der Waals surface area contributed by atoms with Crippen molar-refractivity contribution in [3.63, 3.8) is 0 Å². The molecule has 19 heavy (non-hydrogen) atoms. The highest BCUT2D eigenvalue weighted by molar-refractivity contribution is 5.77. The molecule has 0 bridgehead atoms. The van der Waals surface area contributed by atoms with Gasteiger partial charge in [-0.15, -0.1) is 0 Å². The molecule has 0 radical (unpaired) electrons. The Morgan fingerprint density at radius 1 is 1.42 bits per heavy atom. The van der Waals surface area contributed by atoms with Crippen LogP contribution in [-0.4, -0.2) is 29.0 Å². The standard InChI is InChI=1S/C13H21N5O/c1-2-3-11-16-10(14)8-12(17-11)18-6-4-9(5-7-18)13(15)19/h8-9H,2-7H2,1H3,(H2,15,19)(H2,14,16,17). The summed E-state index contributed by atoms with van der Waals surface area (Å²) in [5, 5.41) is 0. The second-order valence-electron chi connectivity index (χ2n) is 4.98. The molecule has 0 aliphatic carbocycles. The van der Waals surface area contributed by atoms with Crippen molar-refractivity contribution in [2.24, 2.45) is 11.7 Å². The molecule has 1 aromatic heterocycles. The minimum absolute atomic E-state index is 0.00875. The lowest BCUT2D eigenvalue weighted by Crippen LogP contribution is -2.39. The van der Waals surface area contributed by atoms with Gasteiger partial charge >= 0.3 is 0 Å². The summed E-state index contributed by atoms with van der Waals surface area (Å²) < 4.78 is 0. The number of piperidine rings is 1. The Bertz CT molecular complexity index is 454. The molecule has 1 aliphatic heterocycles. The molecule has 2 rings (SSSR count). The fraction of sp³-hybridized carbons (Fsp3) is 0.615. The van der Waals surface area contributed by atoms with E-state index in [4.69, 9.17) is 11.5 Å². The highest BCUT2D eigenvalue weighted by Gasteiger charge is 2.24. The smallest absolute Gasteiger partial charge is 0.220 e. The first-order valence-corrected chi connectivity index (χ1v) is 6.78. The van der Waals surface area contributed by atoms with Crippen LogP contribution >= 0.6 is 0 Å². The molecule has 0 saturated carbocycles. The monoisotopic (exact) mass is 263 g/mol. The molecule has 1 amide bonds. The van der Waals surface area contributed by atoms with Crippen LogP contribution in [0.3, 0.4) is 0 Å². The van der Waals surface area contributed by atoms with Gasteiger partial charge in [-0.25, -0.2) is 9.97 Å². The zero-order valence-corrected chi connectivity index (χ0v) is 11.3. The molecule has 0 aromatic carbocycles. The van der Waals surface area contributed by atoms with E-state index >= 15 is 0 Å². The van der Waals surface area contributed by atoms with Gasteiger partial charge in [0, 0.05) is 31.5 Å². The van der Waals surface area contributed by atoms with Gasteiger partial charge in [0.25, 0.3) is 0 Å². The van der Waals surface area contributed by atoms with Crippen LogP contribution in [0.5, 0.6) is 0 Å². The molecule has 104 valence electrons. The average Bonchev–Trinajstić information content (AvgIpc) is 2.38. The topological polar surface area (TPSA) is 98.1 Å². The third-order valence-electron chi connectivity index (χ3n) is 3.47. The van der Waals surface area contributed by atoms with Gasteiger partial charge in [0.15, 0.2) is 0 Å². The summed E-state index contributed by atoms with van der Waals surface area (Å²) in [4.78, 5) is 22.1. The summed E-state index contributed by atoms with van der Waals surface area (Å²) in [5.74, 6) is 1.94. The van der Waals surface area contributed by atoms with Crippen molar-refractivity contribution in [2.45, 2.75) is 32.6 Å². The van der Waals surface area contributed by atoms with Crippen molar-refractivity contribution in [3.8, 4) is 0 Å². The number of nitrogens with two attached hydrogens (primary N) is 2. The van der Waals surface area contributed by atoms with Crippen molar-refractivity contribution in [2.75, 3.05) is 23.7 Å². The Labute approximate surface area is 113 Å². The summed E-state index contributed by atoms with van der Waals surface area (Å²) in [7, 11) is 0. The molecule has 0 spiro atoms. The first-order valence-electron chi connectivity index (χ1n) is 6.78. The minimum Gasteiger partial charge on any atom is -0.384 e. The van der Waals surface area contributed by atoms with Crippen LogP contribution in [0.1, 0.15) is 32.0 Å². The Morgan fingerprint density at radius 2 is 2.11 bits per heavy atom. The molecule has 1 fully saturated rings. The Morgan fingerprint density at radius 3 is 2.68 bits per heavy atom. The number of hydrogen-bond donors (Lipinski definition) is 2. The summed E-state index contributed by atoms with van der Waals surface area (Å²) in [6.45, 7) is 3.66. The van der Waals surface area contributed by atoms with E-state index in [0.29, 0.717) is 5.82 Å². The molecule has 4 N–H and O–H groups in total. The van der Waals surface area contributed by atoms with Crippen LogP contribution in [0.4, 0.5) is 11.6 Å². The SMILES string of the molecule is CCCc1nc(N)cc(N2CCC(C(N)=O)CC2)n1. The number of hydrogen-bond acceptors (Lipinski definition) is 5. The minimum atomic E-state index is -0.200. The maximum atomic E-state index is 11.1. The van der Waals surface area contributed by atoms with Crippen LogP contribution < -0.4 is 16.4 Å². The van der Waals surface area contributed by atoms with E-state index in [2.05, 4.69) is 21.8 Å². The summed E-state index contributed by atoms with van der Waals surface area (Å²) in [6, 6.07) is 1.80. The van der Waals surface area contributed by atoms with Gasteiger partial charge in [0.2, 0.25) is 5.91 Å². The molecule has 1 saturated heterocycles. The number of nitrogen functional groups attached to an aromatic ring is 1. The second-order valence-corrected chi connectivity index (χ2v) is 4.98. The first-order chi connectivity index (χ1) is 9.10. The number of carbonyl (C=O) groups is 1. The predicted octanol–water partition coefficient (Wildman–Crippen LogP) is 0.713. The lowest BCUT2D eigenvalue weighted by molar-refractivity contribution is -0.122. The lowest BCUT2D eigenvalue weighted by Gasteiger charge is -2.31. The van der Waals surface area contributed by atoms with Gasteiger partial charge in [-0.2, -0.15) is 0 Å². The number of carbonyl (C=O) groups excluding carboxylic acids is 1. The first kappa shape index (κ1) is 13.6.